The van der Waals surface area contributed by atoms with Crippen LogP contribution in [0.2, 0.25) is 0 Å². The van der Waals surface area contributed by atoms with E-state index in [-0.39, 0.29) is 6.10 Å². The van der Waals surface area contributed by atoms with Crippen molar-refractivity contribution >= 4 is 0 Å². The van der Waals surface area contributed by atoms with Crippen molar-refractivity contribution in [1.82, 2.24) is 0 Å². The molecule has 0 aromatic heterocycles. The van der Waals surface area contributed by atoms with Gasteiger partial charge in [0.2, 0.25) is 0 Å². The highest BCUT2D eigenvalue weighted by atomic mass is 16.5. The van der Waals surface area contributed by atoms with E-state index in [0.717, 1.165) is 30.8 Å². The zero-order valence-electron chi connectivity index (χ0n) is 10.7. The molecular formula is C14H22O3. The molecule has 0 bridgehead atoms. The number of hydrogen-bond acceptors (Lipinski definition) is 3. The van der Waals surface area contributed by atoms with Crippen molar-refractivity contribution in [2.75, 3.05) is 13.2 Å². The van der Waals surface area contributed by atoms with Crippen LogP contribution in [0.25, 0.3) is 0 Å². The van der Waals surface area contributed by atoms with Crippen molar-refractivity contribution in [3.8, 4) is 11.5 Å². The van der Waals surface area contributed by atoms with E-state index in [1.807, 2.05) is 38.1 Å². The fraction of sp³-hybridized carbons (Fsp3) is 0.571. The van der Waals surface area contributed by atoms with Gasteiger partial charge in [0.25, 0.3) is 0 Å². The van der Waals surface area contributed by atoms with Crippen LogP contribution in [0, 0.1) is 0 Å². The van der Waals surface area contributed by atoms with E-state index in [1.165, 1.54) is 0 Å². The van der Waals surface area contributed by atoms with Gasteiger partial charge in [-0.25, -0.2) is 0 Å². The zero-order chi connectivity index (χ0) is 12.5. The second-order valence-electron chi connectivity index (χ2n) is 4.10. The summed E-state index contributed by atoms with van der Waals surface area (Å²) in [5.74, 6) is 1.74. The first-order valence-electron chi connectivity index (χ1n) is 6.26. The second kappa shape index (κ2) is 7.96. The van der Waals surface area contributed by atoms with Crippen LogP contribution >= 0.6 is 0 Å². The van der Waals surface area contributed by atoms with Crippen molar-refractivity contribution in [3.05, 3.63) is 24.3 Å². The Morgan fingerprint density at radius 2 is 1.65 bits per heavy atom. The highest BCUT2D eigenvalue weighted by Crippen LogP contribution is 2.17. The van der Waals surface area contributed by atoms with E-state index in [0.29, 0.717) is 13.2 Å². The maximum atomic E-state index is 9.10. The fourth-order valence-electron chi connectivity index (χ4n) is 1.53. The Bertz CT molecular complexity index is 293. The second-order valence-corrected chi connectivity index (χ2v) is 4.10. The summed E-state index contributed by atoms with van der Waals surface area (Å²) in [7, 11) is 0. The SMILES string of the molecule is CCOc1ccc(OCCCCC(C)O)cc1. The van der Waals surface area contributed by atoms with E-state index in [9.17, 15) is 0 Å². The quantitative estimate of drug-likeness (QED) is 0.707. The normalized spacial score (nSPS) is 12.2. The number of aliphatic hydroxyl groups is 1. The van der Waals surface area contributed by atoms with Gasteiger partial charge in [0, 0.05) is 0 Å². The van der Waals surface area contributed by atoms with Crippen molar-refractivity contribution in [2.45, 2.75) is 39.2 Å². The number of unbranched alkanes of at least 4 members (excludes halogenated alkanes) is 1. The highest BCUT2D eigenvalue weighted by Gasteiger charge is 1.98. The molecule has 0 radical (unpaired) electrons. The maximum absolute atomic E-state index is 9.10. The average molecular weight is 238 g/mol. The lowest BCUT2D eigenvalue weighted by atomic mass is 10.2. The summed E-state index contributed by atoms with van der Waals surface area (Å²) in [5.41, 5.74) is 0. The molecule has 1 aromatic rings. The van der Waals surface area contributed by atoms with Crippen LogP contribution in [-0.2, 0) is 0 Å². The minimum absolute atomic E-state index is 0.208. The maximum Gasteiger partial charge on any atom is 0.119 e. The molecule has 0 heterocycles. The standard InChI is InChI=1S/C14H22O3/c1-3-16-13-7-9-14(10-8-13)17-11-5-4-6-12(2)15/h7-10,12,15H,3-6,11H2,1-2H3. The summed E-state index contributed by atoms with van der Waals surface area (Å²) < 4.78 is 10.9. The number of hydrogen-bond donors (Lipinski definition) is 1. The molecule has 0 saturated heterocycles. The third-order valence-corrected chi connectivity index (χ3v) is 2.42. The van der Waals surface area contributed by atoms with Crippen LogP contribution in [0.1, 0.15) is 33.1 Å². The smallest absolute Gasteiger partial charge is 0.119 e. The average Bonchev–Trinajstić information content (AvgIpc) is 2.31. The van der Waals surface area contributed by atoms with Crippen LogP contribution in [-0.4, -0.2) is 24.4 Å². The minimum Gasteiger partial charge on any atom is -0.494 e. The summed E-state index contributed by atoms with van der Waals surface area (Å²) in [4.78, 5) is 0. The molecule has 3 heteroatoms. The van der Waals surface area contributed by atoms with E-state index in [1.54, 1.807) is 0 Å². The Morgan fingerprint density at radius 1 is 1.06 bits per heavy atom. The van der Waals surface area contributed by atoms with E-state index in [2.05, 4.69) is 0 Å². The van der Waals surface area contributed by atoms with Gasteiger partial charge in [-0.15, -0.1) is 0 Å². The Hall–Kier alpha value is -1.22. The monoisotopic (exact) mass is 238 g/mol. The largest absolute Gasteiger partial charge is 0.494 e. The molecule has 0 aliphatic rings. The predicted octanol–water partition coefficient (Wildman–Crippen LogP) is 3.02. The van der Waals surface area contributed by atoms with E-state index in [4.69, 9.17) is 14.6 Å². The number of benzene rings is 1. The lowest BCUT2D eigenvalue weighted by Crippen LogP contribution is -2.02. The lowest BCUT2D eigenvalue weighted by molar-refractivity contribution is 0.177. The van der Waals surface area contributed by atoms with E-state index >= 15 is 0 Å². The first-order valence-corrected chi connectivity index (χ1v) is 6.26. The van der Waals surface area contributed by atoms with Crippen LogP contribution in [0.4, 0.5) is 0 Å². The summed E-state index contributed by atoms with van der Waals surface area (Å²) in [6.45, 7) is 5.15. The third-order valence-electron chi connectivity index (χ3n) is 2.42. The molecule has 1 N–H and O–H groups in total. The lowest BCUT2D eigenvalue weighted by Gasteiger charge is -2.08. The van der Waals surface area contributed by atoms with E-state index < -0.39 is 0 Å². The molecule has 96 valence electrons. The van der Waals surface area contributed by atoms with Crippen molar-refractivity contribution in [3.63, 3.8) is 0 Å². The van der Waals surface area contributed by atoms with Gasteiger partial charge in [0.15, 0.2) is 0 Å². The molecule has 0 spiro atoms. The number of ether oxygens (including phenoxy) is 2. The molecule has 1 atom stereocenters. The number of aliphatic hydroxyl groups excluding tert-OH is 1. The van der Waals surface area contributed by atoms with Crippen LogP contribution in [0.5, 0.6) is 11.5 Å². The zero-order valence-corrected chi connectivity index (χ0v) is 10.7. The molecule has 0 aliphatic carbocycles. The Labute approximate surface area is 103 Å². The summed E-state index contributed by atoms with van der Waals surface area (Å²) in [6, 6.07) is 7.66. The molecular weight excluding hydrogens is 216 g/mol. The fourth-order valence-corrected chi connectivity index (χ4v) is 1.53. The van der Waals surface area contributed by atoms with Crippen LogP contribution in [0.3, 0.4) is 0 Å². The Balaban J connectivity index is 2.18. The molecule has 0 saturated carbocycles. The topological polar surface area (TPSA) is 38.7 Å². The summed E-state index contributed by atoms with van der Waals surface area (Å²) in [5, 5.41) is 9.10. The summed E-state index contributed by atoms with van der Waals surface area (Å²) in [6.07, 6.45) is 2.60. The van der Waals surface area contributed by atoms with Gasteiger partial charge in [-0.1, -0.05) is 0 Å². The molecule has 17 heavy (non-hydrogen) atoms. The van der Waals surface area contributed by atoms with Gasteiger partial charge in [-0.2, -0.15) is 0 Å². The summed E-state index contributed by atoms with van der Waals surface area (Å²) >= 11 is 0. The van der Waals surface area contributed by atoms with Crippen molar-refractivity contribution in [1.29, 1.82) is 0 Å². The number of rotatable bonds is 8. The molecule has 3 nitrogen and oxygen atoms in total. The molecule has 0 amide bonds. The molecule has 0 aliphatic heterocycles. The van der Waals surface area contributed by atoms with Crippen molar-refractivity contribution in [2.24, 2.45) is 0 Å². The third kappa shape index (κ3) is 6.17. The first-order chi connectivity index (χ1) is 8.22. The predicted molar refractivity (Wildman–Crippen MR) is 68.6 cm³/mol. The van der Waals surface area contributed by atoms with Gasteiger partial charge in [0.05, 0.1) is 19.3 Å². The molecule has 1 unspecified atom stereocenters. The molecule has 1 aromatic carbocycles. The Kier molecular flexibility index (Phi) is 6.48. The van der Waals surface area contributed by atoms with Gasteiger partial charge in [-0.3, -0.25) is 0 Å². The molecule has 0 fully saturated rings. The van der Waals surface area contributed by atoms with Crippen LogP contribution < -0.4 is 9.47 Å². The van der Waals surface area contributed by atoms with Gasteiger partial charge >= 0.3 is 0 Å². The first kappa shape index (κ1) is 13.8. The highest BCUT2D eigenvalue weighted by molar-refractivity contribution is 5.31. The van der Waals surface area contributed by atoms with Gasteiger partial charge in [-0.05, 0) is 57.4 Å². The van der Waals surface area contributed by atoms with Gasteiger partial charge in [0.1, 0.15) is 11.5 Å². The van der Waals surface area contributed by atoms with Crippen molar-refractivity contribution < 1.29 is 14.6 Å². The Morgan fingerprint density at radius 3 is 2.18 bits per heavy atom. The van der Waals surface area contributed by atoms with Gasteiger partial charge < -0.3 is 14.6 Å². The molecule has 1 rings (SSSR count). The minimum atomic E-state index is -0.208. The van der Waals surface area contributed by atoms with Crippen LogP contribution in [0.15, 0.2) is 24.3 Å².